The van der Waals surface area contributed by atoms with Crippen LogP contribution >= 0.6 is 11.8 Å². The van der Waals surface area contributed by atoms with Crippen molar-refractivity contribution in [3.63, 3.8) is 0 Å². The summed E-state index contributed by atoms with van der Waals surface area (Å²) in [6.45, 7) is 3.87. The van der Waals surface area contributed by atoms with E-state index in [-0.39, 0.29) is 5.60 Å². The van der Waals surface area contributed by atoms with Crippen molar-refractivity contribution in [2.24, 2.45) is 0 Å². The molecule has 2 fully saturated rings. The molecule has 0 radical (unpaired) electrons. The van der Waals surface area contributed by atoms with Crippen molar-refractivity contribution in [3.8, 4) is 0 Å². The van der Waals surface area contributed by atoms with Crippen molar-refractivity contribution >= 4 is 29.1 Å². The largest absolute Gasteiger partial charge is 0.484 e. The van der Waals surface area contributed by atoms with Crippen LogP contribution in [0.1, 0.15) is 48.0 Å². The second-order valence-corrected chi connectivity index (χ2v) is 9.21. The van der Waals surface area contributed by atoms with Gasteiger partial charge in [0, 0.05) is 56.0 Å². The van der Waals surface area contributed by atoms with Crippen LogP contribution in [0.15, 0.2) is 29.2 Å². The molecule has 1 unspecified atom stereocenters. The minimum absolute atomic E-state index is 0.249. The molecule has 5 rings (SSSR count). The van der Waals surface area contributed by atoms with Crippen molar-refractivity contribution in [2.75, 3.05) is 32.0 Å². The fourth-order valence-corrected chi connectivity index (χ4v) is 5.90. The van der Waals surface area contributed by atoms with Crippen LogP contribution in [0, 0.1) is 0 Å². The fourth-order valence-electron chi connectivity index (χ4n) is 4.64. The number of carbonyl (C=O) groups excluding carboxylic acids is 2. The maximum atomic E-state index is 12.5. The molecule has 0 aromatic heterocycles. The third-order valence-corrected chi connectivity index (χ3v) is 7.67. The van der Waals surface area contributed by atoms with Crippen LogP contribution in [0.5, 0.6) is 0 Å². The quantitative estimate of drug-likeness (QED) is 0.712. The van der Waals surface area contributed by atoms with E-state index in [0.29, 0.717) is 22.3 Å². The van der Waals surface area contributed by atoms with Crippen LogP contribution in [0.3, 0.4) is 0 Å². The molecular weight excluding hydrogens is 374 g/mol. The minimum atomic E-state index is -0.416. The molecule has 1 spiro atoms. The van der Waals surface area contributed by atoms with Gasteiger partial charge >= 0.3 is 0 Å². The Balaban J connectivity index is 1.31. The highest BCUT2D eigenvalue weighted by atomic mass is 32.2. The molecule has 1 aliphatic carbocycles. The maximum Gasteiger partial charge on any atom is 0.243 e. The number of ether oxygens (including phenoxy) is 2. The molecule has 0 bridgehead atoms. The summed E-state index contributed by atoms with van der Waals surface area (Å²) in [5.74, 6) is 0.533. The predicted molar refractivity (Wildman–Crippen MR) is 108 cm³/mol. The van der Waals surface area contributed by atoms with Crippen molar-refractivity contribution in [2.45, 2.75) is 43.8 Å². The summed E-state index contributed by atoms with van der Waals surface area (Å²) in [6.07, 6.45) is 5.86. The normalized spacial score (nSPS) is 27.4. The molecule has 148 valence electrons. The van der Waals surface area contributed by atoms with Gasteiger partial charge in [-0.05, 0) is 19.3 Å². The minimum Gasteiger partial charge on any atom is -0.484 e. The Morgan fingerprint density at radius 2 is 1.86 bits per heavy atom. The highest BCUT2D eigenvalue weighted by Crippen LogP contribution is 2.47. The second kappa shape index (κ2) is 7.32. The van der Waals surface area contributed by atoms with E-state index in [4.69, 9.17) is 9.47 Å². The molecular formula is C22H25NO4S. The molecule has 3 aliphatic heterocycles. The molecule has 2 saturated heterocycles. The number of nitrogens with zero attached hydrogens (tertiary/aromatic N) is 1. The summed E-state index contributed by atoms with van der Waals surface area (Å²) in [5.41, 5.74) is 0.990. The van der Waals surface area contributed by atoms with Gasteiger partial charge in [0.15, 0.2) is 0 Å². The Labute approximate surface area is 169 Å². The number of piperidine rings is 1. The Kier molecular flexibility index (Phi) is 4.81. The molecule has 5 nitrogen and oxygen atoms in total. The number of hydrogen-bond acceptors (Lipinski definition) is 6. The number of Topliss-reactive ketones (excluding diaryl/α,β-unsaturated/α-hetero) is 2. The van der Waals surface area contributed by atoms with Crippen molar-refractivity contribution < 1.29 is 19.1 Å². The zero-order valence-corrected chi connectivity index (χ0v) is 16.8. The monoisotopic (exact) mass is 399 g/mol. The predicted octanol–water partition coefficient (Wildman–Crippen LogP) is 3.29. The number of thioether (sulfide) groups is 1. The summed E-state index contributed by atoms with van der Waals surface area (Å²) < 4.78 is 12.4. The molecule has 1 aromatic carbocycles. The van der Waals surface area contributed by atoms with Crippen LogP contribution < -0.4 is 0 Å². The van der Waals surface area contributed by atoms with E-state index in [1.807, 2.05) is 12.1 Å². The SMILES string of the molecule is O=C1C(=O)c2ccccc2C2=C1SCC1(CCN(CC3CCCCO3)CC1)O2. The number of carbonyl (C=O) groups is 2. The Morgan fingerprint density at radius 1 is 1.07 bits per heavy atom. The van der Waals surface area contributed by atoms with Gasteiger partial charge in [0.05, 0.1) is 6.10 Å². The first kappa shape index (κ1) is 18.4. The highest BCUT2D eigenvalue weighted by Gasteiger charge is 2.46. The van der Waals surface area contributed by atoms with E-state index < -0.39 is 11.6 Å². The third kappa shape index (κ3) is 3.21. The van der Waals surface area contributed by atoms with E-state index in [2.05, 4.69) is 4.90 Å². The van der Waals surface area contributed by atoms with Gasteiger partial charge in [-0.15, -0.1) is 11.8 Å². The molecule has 0 amide bonds. The van der Waals surface area contributed by atoms with Gasteiger partial charge in [-0.25, -0.2) is 0 Å². The standard InChI is InChI=1S/C22H25NO4S/c24-18-16-6-1-2-7-17(16)20-21(19(18)25)28-14-22(27-20)8-10-23(11-9-22)13-15-5-3-4-12-26-15/h1-2,6-7,15H,3-5,8-14H2. The van der Waals surface area contributed by atoms with Gasteiger partial charge in [-0.2, -0.15) is 0 Å². The average molecular weight is 400 g/mol. The number of hydrogen-bond donors (Lipinski definition) is 0. The zero-order chi connectivity index (χ0) is 19.1. The highest BCUT2D eigenvalue weighted by molar-refractivity contribution is 8.04. The first-order valence-electron chi connectivity index (χ1n) is 10.2. The Morgan fingerprint density at radius 3 is 2.61 bits per heavy atom. The van der Waals surface area contributed by atoms with Crippen molar-refractivity contribution in [3.05, 3.63) is 40.3 Å². The first-order valence-corrected chi connectivity index (χ1v) is 11.2. The van der Waals surface area contributed by atoms with Gasteiger partial charge < -0.3 is 14.4 Å². The average Bonchev–Trinajstić information content (AvgIpc) is 2.75. The second-order valence-electron chi connectivity index (χ2n) is 8.23. The Hall–Kier alpha value is -1.63. The van der Waals surface area contributed by atoms with Crippen LogP contribution in [0.25, 0.3) is 5.76 Å². The lowest BCUT2D eigenvalue weighted by molar-refractivity contribution is -0.111. The molecule has 0 N–H and O–H groups in total. The van der Waals surface area contributed by atoms with Crippen LogP contribution in [0.4, 0.5) is 0 Å². The van der Waals surface area contributed by atoms with E-state index >= 15 is 0 Å². The number of benzene rings is 1. The molecule has 28 heavy (non-hydrogen) atoms. The summed E-state index contributed by atoms with van der Waals surface area (Å²) >= 11 is 1.51. The molecule has 1 aromatic rings. The summed E-state index contributed by atoms with van der Waals surface area (Å²) in [5, 5.41) is 0. The van der Waals surface area contributed by atoms with Gasteiger partial charge in [0.25, 0.3) is 0 Å². The maximum absolute atomic E-state index is 12.5. The fraction of sp³-hybridized carbons (Fsp3) is 0.545. The smallest absolute Gasteiger partial charge is 0.243 e. The molecule has 4 aliphatic rings. The van der Waals surface area contributed by atoms with E-state index in [1.165, 1.54) is 24.6 Å². The van der Waals surface area contributed by atoms with Crippen LogP contribution in [-0.4, -0.2) is 60.2 Å². The van der Waals surface area contributed by atoms with Crippen molar-refractivity contribution in [1.82, 2.24) is 4.90 Å². The third-order valence-electron chi connectivity index (χ3n) is 6.34. The number of rotatable bonds is 2. The van der Waals surface area contributed by atoms with Gasteiger partial charge in [0.1, 0.15) is 16.3 Å². The lowest BCUT2D eigenvalue weighted by Crippen LogP contribution is -2.51. The molecule has 1 atom stereocenters. The zero-order valence-electron chi connectivity index (χ0n) is 15.9. The summed E-state index contributed by atoms with van der Waals surface area (Å²) in [6, 6.07) is 7.31. The van der Waals surface area contributed by atoms with Crippen molar-refractivity contribution in [1.29, 1.82) is 0 Å². The number of ketones is 2. The van der Waals surface area contributed by atoms with Gasteiger partial charge in [-0.3, -0.25) is 9.59 Å². The number of fused-ring (bicyclic) bond motifs is 2. The van der Waals surface area contributed by atoms with E-state index in [0.717, 1.165) is 56.8 Å². The molecule has 0 saturated carbocycles. The molecule has 6 heteroatoms. The van der Waals surface area contributed by atoms with Gasteiger partial charge in [0.2, 0.25) is 11.6 Å². The lowest BCUT2D eigenvalue weighted by atomic mass is 9.90. The Bertz CT molecular complexity index is 835. The summed E-state index contributed by atoms with van der Waals surface area (Å²) in [7, 11) is 0. The van der Waals surface area contributed by atoms with E-state index in [1.54, 1.807) is 12.1 Å². The lowest BCUT2D eigenvalue weighted by Gasteiger charge is -2.46. The number of allylic oxidation sites excluding steroid dienone is 1. The molecule has 3 heterocycles. The first-order chi connectivity index (χ1) is 13.7. The van der Waals surface area contributed by atoms with Gasteiger partial charge in [-0.1, -0.05) is 24.3 Å². The van der Waals surface area contributed by atoms with Crippen LogP contribution in [0.2, 0.25) is 0 Å². The number of likely N-dealkylation sites (tertiary alicyclic amines) is 1. The topological polar surface area (TPSA) is 55.8 Å². The van der Waals surface area contributed by atoms with E-state index in [9.17, 15) is 9.59 Å². The summed E-state index contributed by atoms with van der Waals surface area (Å²) in [4.78, 5) is 27.9. The van der Waals surface area contributed by atoms with Crippen LogP contribution in [-0.2, 0) is 14.3 Å².